The van der Waals surface area contributed by atoms with E-state index in [9.17, 15) is 0 Å². The lowest BCUT2D eigenvalue weighted by molar-refractivity contribution is 0.417. The van der Waals surface area contributed by atoms with Crippen molar-refractivity contribution >= 4 is 11.1 Å². The van der Waals surface area contributed by atoms with Gasteiger partial charge in [0.25, 0.3) is 0 Å². The summed E-state index contributed by atoms with van der Waals surface area (Å²) >= 11 is 0. The van der Waals surface area contributed by atoms with Crippen LogP contribution in [0.3, 0.4) is 0 Å². The van der Waals surface area contributed by atoms with Crippen LogP contribution in [0.5, 0.6) is 0 Å². The summed E-state index contributed by atoms with van der Waals surface area (Å²) in [5, 5.41) is 0. The van der Waals surface area contributed by atoms with Crippen molar-refractivity contribution in [2.45, 2.75) is 40.2 Å². The number of aryl methyl sites for hydroxylation is 2. The topological polar surface area (TPSA) is 52.0 Å². The van der Waals surface area contributed by atoms with Crippen molar-refractivity contribution in [1.29, 1.82) is 0 Å². The van der Waals surface area contributed by atoms with E-state index < -0.39 is 0 Å². The third-order valence-electron chi connectivity index (χ3n) is 2.88. The Kier molecular flexibility index (Phi) is 3.20. The maximum atomic E-state index is 6.09. The third-order valence-corrected chi connectivity index (χ3v) is 2.88. The van der Waals surface area contributed by atoms with Crippen LogP contribution < -0.4 is 5.73 Å². The molecule has 17 heavy (non-hydrogen) atoms. The predicted octanol–water partition coefficient (Wildman–Crippen LogP) is 3.49. The highest BCUT2D eigenvalue weighted by molar-refractivity contribution is 5.77. The minimum Gasteiger partial charge on any atom is -0.439 e. The fraction of sp³-hybridized carbons (Fsp3) is 0.500. The van der Waals surface area contributed by atoms with Crippen LogP contribution in [0, 0.1) is 19.8 Å². The highest BCUT2D eigenvalue weighted by atomic mass is 16.3. The second kappa shape index (κ2) is 4.49. The molecule has 0 bridgehead atoms. The fourth-order valence-electron chi connectivity index (χ4n) is 2.16. The Morgan fingerprint density at radius 1 is 1.29 bits per heavy atom. The summed E-state index contributed by atoms with van der Waals surface area (Å²) in [5.41, 5.74) is 10.2. The second-order valence-corrected chi connectivity index (χ2v) is 5.22. The minimum absolute atomic E-state index is 0.109. The Hall–Kier alpha value is -1.35. The van der Waals surface area contributed by atoms with E-state index in [1.165, 1.54) is 5.56 Å². The van der Waals surface area contributed by atoms with Gasteiger partial charge in [0.1, 0.15) is 5.52 Å². The van der Waals surface area contributed by atoms with Crippen molar-refractivity contribution in [2.75, 3.05) is 0 Å². The summed E-state index contributed by atoms with van der Waals surface area (Å²) in [6.07, 6.45) is 0.894. The lowest BCUT2D eigenvalue weighted by Gasteiger charge is -2.09. The Labute approximate surface area is 102 Å². The zero-order chi connectivity index (χ0) is 12.6. The molecule has 0 radical (unpaired) electrons. The van der Waals surface area contributed by atoms with Crippen LogP contribution in [-0.4, -0.2) is 4.98 Å². The molecule has 0 aliphatic rings. The first-order valence-corrected chi connectivity index (χ1v) is 6.10. The van der Waals surface area contributed by atoms with Gasteiger partial charge in [0.05, 0.1) is 6.04 Å². The normalized spacial score (nSPS) is 13.5. The van der Waals surface area contributed by atoms with E-state index in [0.717, 1.165) is 23.1 Å². The maximum absolute atomic E-state index is 6.09. The van der Waals surface area contributed by atoms with Gasteiger partial charge in [-0.1, -0.05) is 19.9 Å². The molecule has 1 unspecified atom stereocenters. The number of hydrogen-bond donors (Lipinski definition) is 1. The number of aromatic nitrogens is 1. The van der Waals surface area contributed by atoms with E-state index in [0.29, 0.717) is 11.8 Å². The van der Waals surface area contributed by atoms with Crippen LogP contribution in [0.2, 0.25) is 0 Å². The summed E-state index contributed by atoms with van der Waals surface area (Å²) in [4.78, 5) is 4.50. The van der Waals surface area contributed by atoms with Gasteiger partial charge in [-0.2, -0.15) is 0 Å². The Balaban J connectivity index is 2.41. The van der Waals surface area contributed by atoms with E-state index in [-0.39, 0.29) is 6.04 Å². The number of nitrogens with two attached hydrogens (primary N) is 1. The van der Waals surface area contributed by atoms with E-state index in [1.807, 2.05) is 13.0 Å². The summed E-state index contributed by atoms with van der Waals surface area (Å²) in [7, 11) is 0. The van der Waals surface area contributed by atoms with Crippen LogP contribution in [-0.2, 0) is 0 Å². The Morgan fingerprint density at radius 3 is 2.65 bits per heavy atom. The van der Waals surface area contributed by atoms with Gasteiger partial charge in [0.15, 0.2) is 5.58 Å². The molecular weight excluding hydrogens is 212 g/mol. The molecule has 3 heteroatoms. The lowest BCUT2D eigenvalue weighted by atomic mass is 10.0. The minimum atomic E-state index is -0.109. The first kappa shape index (κ1) is 12.1. The van der Waals surface area contributed by atoms with E-state index in [2.05, 4.69) is 31.8 Å². The number of hydrogen-bond acceptors (Lipinski definition) is 3. The Morgan fingerprint density at radius 2 is 2.00 bits per heavy atom. The third kappa shape index (κ3) is 2.50. The molecule has 0 aliphatic carbocycles. The molecule has 2 rings (SSSR count). The predicted molar refractivity (Wildman–Crippen MR) is 69.9 cm³/mol. The van der Waals surface area contributed by atoms with Gasteiger partial charge < -0.3 is 10.2 Å². The number of fused-ring (bicyclic) bond motifs is 1. The molecule has 3 nitrogen and oxygen atoms in total. The van der Waals surface area contributed by atoms with Gasteiger partial charge in [-0.3, -0.25) is 0 Å². The zero-order valence-electron chi connectivity index (χ0n) is 10.9. The number of benzene rings is 1. The zero-order valence-corrected chi connectivity index (χ0v) is 10.9. The van der Waals surface area contributed by atoms with Crippen LogP contribution in [0.4, 0.5) is 0 Å². The van der Waals surface area contributed by atoms with E-state index >= 15 is 0 Å². The fourth-order valence-corrected chi connectivity index (χ4v) is 2.16. The second-order valence-electron chi connectivity index (χ2n) is 5.22. The molecule has 1 heterocycles. The molecule has 1 aromatic carbocycles. The van der Waals surface area contributed by atoms with Crippen molar-refractivity contribution in [3.63, 3.8) is 0 Å². The SMILES string of the molecule is Cc1cc(C)c2oc(C(N)CC(C)C)nc2c1. The molecule has 0 aliphatic heterocycles. The van der Waals surface area contributed by atoms with Gasteiger partial charge in [0.2, 0.25) is 5.89 Å². The van der Waals surface area contributed by atoms with Crippen molar-refractivity contribution in [3.05, 3.63) is 29.2 Å². The first-order valence-electron chi connectivity index (χ1n) is 6.10. The molecule has 0 saturated carbocycles. The molecule has 2 N–H and O–H groups in total. The summed E-state index contributed by atoms with van der Waals surface area (Å²) < 4.78 is 5.78. The average molecular weight is 232 g/mol. The van der Waals surface area contributed by atoms with Crippen molar-refractivity contribution in [1.82, 2.24) is 4.98 Å². The molecule has 1 atom stereocenters. The largest absolute Gasteiger partial charge is 0.439 e. The molecule has 0 amide bonds. The van der Waals surface area contributed by atoms with Gasteiger partial charge in [-0.25, -0.2) is 4.98 Å². The number of nitrogens with zero attached hydrogens (tertiary/aromatic N) is 1. The summed E-state index contributed by atoms with van der Waals surface area (Å²) in [6, 6.07) is 4.03. The van der Waals surface area contributed by atoms with Gasteiger partial charge in [0, 0.05) is 0 Å². The summed E-state index contributed by atoms with van der Waals surface area (Å²) in [6.45, 7) is 8.41. The van der Waals surface area contributed by atoms with Crippen LogP contribution in [0.15, 0.2) is 16.5 Å². The quantitative estimate of drug-likeness (QED) is 0.881. The van der Waals surface area contributed by atoms with Crippen molar-refractivity contribution in [2.24, 2.45) is 11.7 Å². The van der Waals surface area contributed by atoms with Crippen molar-refractivity contribution in [3.8, 4) is 0 Å². The number of oxazole rings is 1. The molecule has 0 saturated heterocycles. The average Bonchev–Trinajstić information content (AvgIpc) is 2.60. The molecule has 0 fully saturated rings. The lowest BCUT2D eigenvalue weighted by Crippen LogP contribution is -2.13. The molecule has 1 aromatic heterocycles. The van der Waals surface area contributed by atoms with Crippen LogP contribution in [0.25, 0.3) is 11.1 Å². The summed E-state index contributed by atoms with van der Waals surface area (Å²) in [5.74, 6) is 1.20. The molecule has 92 valence electrons. The molecule has 0 spiro atoms. The van der Waals surface area contributed by atoms with Gasteiger partial charge >= 0.3 is 0 Å². The smallest absolute Gasteiger partial charge is 0.212 e. The molecular formula is C14H20N2O. The van der Waals surface area contributed by atoms with E-state index in [1.54, 1.807) is 0 Å². The standard InChI is InChI=1S/C14H20N2O/c1-8(2)5-11(15)14-16-12-7-9(3)6-10(4)13(12)17-14/h6-8,11H,5,15H2,1-4H3. The monoisotopic (exact) mass is 232 g/mol. The van der Waals surface area contributed by atoms with Gasteiger partial charge in [-0.05, 0) is 43.4 Å². The van der Waals surface area contributed by atoms with Crippen LogP contribution in [0.1, 0.15) is 43.3 Å². The van der Waals surface area contributed by atoms with Gasteiger partial charge in [-0.15, -0.1) is 0 Å². The highest BCUT2D eigenvalue weighted by Crippen LogP contribution is 2.26. The van der Waals surface area contributed by atoms with Crippen molar-refractivity contribution < 1.29 is 4.42 Å². The van der Waals surface area contributed by atoms with Crippen LogP contribution >= 0.6 is 0 Å². The first-order chi connectivity index (χ1) is 7.97. The number of rotatable bonds is 3. The Bertz CT molecular complexity index is 528. The van der Waals surface area contributed by atoms with E-state index in [4.69, 9.17) is 10.2 Å². The highest BCUT2D eigenvalue weighted by Gasteiger charge is 2.16. The molecule has 2 aromatic rings. The maximum Gasteiger partial charge on any atom is 0.212 e.